The van der Waals surface area contributed by atoms with Crippen molar-refractivity contribution in [3.8, 4) is 0 Å². The number of carbonyl (C=O) groups excluding carboxylic acids is 1. The van der Waals surface area contributed by atoms with Crippen LogP contribution in [-0.2, 0) is 9.53 Å². The van der Waals surface area contributed by atoms with E-state index in [1.54, 1.807) is 0 Å². The van der Waals surface area contributed by atoms with Crippen LogP contribution in [0.25, 0.3) is 0 Å². The van der Waals surface area contributed by atoms with Crippen molar-refractivity contribution in [2.45, 2.75) is 31.2 Å². The minimum atomic E-state index is -0.709. The molecule has 3 nitrogen and oxygen atoms in total. The average molecular weight is 225 g/mol. The fourth-order valence-corrected chi connectivity index (χ4v) is 0.611. The third-order valence-corrected chi connectivity index (χ3v) is 2.24. The van der Waals surface area contributed by atoms with Gasteiger partial charge in [-0.25, -0.2) is 0 Å². The second-order valence-electron chi connectivity index (χ2n) is 2.31. The molecule has 2 atom stereocenters. The Morgan fingerprint density at radius 3 is 2.64 bits per heavy atom. The van der Waals surface area contributed by atoms with E-state index in [1.807, 2.05) is 6.92 Å². The number of carbonyl (C=O) groups is 1. The molecule has 0 saturated carbocycles. The molecule has 66 valence electrons. The predicted octanol–water partition coefficient (Wildman–Crippen LogP) is 1.08. The Balaban J connectivity index is 3.64. The van der Waals surface area contributed by atoms with Gasteiger partial charge in [0.1, 0.15) is 4.83 Å². The monoisotopic (exact) mass is 224 g/mol. The van der Waals surface area contributed by atoms with E-state index >= 15 is 0 Å². The highest BCUT2D eigenvalue weighted by molar-refractivity contribution is 9.10. The summed E-state index contributed by atoms with van der Waals surface area (Å²) in [5, 5.41) is 8.94. The zero-order chi connectivity index (χ0) is 8.85. The number of ether oxygens (including phenoxy) is 1. The van der Waals surface area contributed by atoms with Crippen LogP contribution in [0.3, 0.4) is 0 Å². The summed E-state index contributed by atoms with van der Waals surface area (Å²) in [4.78, 5) is 10.3. The lowest BCUT2D eigenvalue weighted by Gasteiger charge is -2.11. The molecule has 0 rings (SSSR count). The lowest BCUT2D eigenvalue weighted by Crippen LogP contribution is -2.28. The van der Waals surface area contributed by atoms with Crippen molar-refractivity contribution >= 4 is 21.9 Å². The number of alkyl halides is 1. The smallest absolute Gasteiger partial charge is 0.322 e. The van der Waals surface area contributed by atoms with Gasteiger partial charge in [-0.1, -0.05) is 22.9 Å². The lowest BCUT2D eigenvalue weighted by molar-refractivity contribution is -0.144. The van der Waals surface area contributed by atoms with Gasteiger partial charge in [0, 0.05) is 0 Å². The van der Waals surface area contributed by atoms with Crippen LogP contribution in [-0.4, -0.2) is 28.6 Å². The van der Waals surface area contributed by atoms with Crippen molar-refractivity contribution in [3.63, 3.8) is 0 Å². The average Bonchev–Trinajstić information content (AvgIpc) is 1.98. The summed E-state index contributed by atoms with van der Waals surface area (Å²) < 4.78 is 4.77. The summed E-state index contributed by atoms with van der Waals surface area (Å²) in [5.74, 6) is -0.401. The summed E-state index contributed by atoms with van der Waals surface area (Å²) >= 11 is 3.01. The number of aliphatic hydroxyl groups is 1. The van der Waals surface area contributed by atoms with Crippen molar-refractivity contribution < 1.29 is 14.6 Å². The van der Waals surface area contributed by atoms with E-state index in [2.05, 4.69) is 15.9 Å². The van der Waals surface area contributed by atoms with Crippen LogP contribution < -0.4 is 0 Å². The molecule has 0 aliphatic heterocycles. The summed E-state index contributed by atoms with van der Waals surface area (Å²) in [6.45, 7) is 3.86. The molecule has 0 fully saturated rings. The van der Waals surface area contributed by atoms with Gasteiger partial charge in [-0.2, -0.15) is 0 Å². The predicted molar refractivity (Wildman–Crippen MR) is 45.6 cm³/mol. The first-order valence-corrected chi connectivity index (χ1v) is 4.50. The Morgan fingerprint density at radius 2 is 2.27 bits per heavy atom. The van der Waals surface area contributed by atoms with Crippen molar-refractivity contribution in [2.24, 2.45) is 0 Å². The fourth-order valence-electron chi connectivity index (χ4n) is 0.479. The van der Waals surface area contributed by atoms with E-state index in [4.69, 9.17) is 9.84 Å². The molecule has 0 aliphatic rings. The second-order valence-corrected chi connectivity index (χ2v) is 3.30. The van der Waals surface area contributed by atoms with Crippen molar-refractivity contribution in [3.05, 3.63) is 0 Å². The Bertz CT molecular complexity index is 125. The standard InChI is InChI=1S/C7H13BrO3/c1-3-4-11-7(10)6(8)5(2)9/h5-6,9H,3-4H2,1-2H3. The molecule has 11 heavy (non-hydrogen) atoms. The van der Waals surface area contributed by atoms with E-state index in [1.165, 1.54) is 6.92 Å². The van der Waals surface area contributed by atoms with Gasteiger partial charge in [0.2, 0.25) is 0 Å². The molecule has 0 aromatic heterocycles. The molecule has 1 N–H and O–H groups in total. The number of hydrogen-bond acceptors (Lipinski definition) is 3. The van der Waals surface area contributed by atoms with Crippen LogP contribution in [0.2, 0.25) is 0 Å². The van der Waals surface area contributed by atoms with Crippen molar-refractivity contribution in [1.29, 1.82) is 0 Å². The van der Waals surface area contributed by atoms with Crippen LogP contribution in [0.15, 0.2) is 0 Å². The molecular weight excluding hydrogens is 212 g/mol. The minimum absolute atomic E-state index is 0.401. The van der Waals surface area contributed by atoms with E-state index in [0.29, 0.717) is 6.61 Å². The SMILES string of the molecule is CCCOC(=O)C(Br)C(C)O. The molecular formula is C7H13BrO3. The highest BCUT2D eigenvalue weighted by Gasteiger charge is 2.20. The Morgan fingerprint density at radius 1 is 1.73 bits per heavy atom. The van der Waals surface area contributed by atoms with Gasteiger partial charge in [-0.05, 0) is 13.3 Å². The molecule has 0 heterocycles. The first kappa shape index (κ1) is 10.9. The highest BCUT2D eigenvalue weighted by Crippen LogP contribution is 2.07. The first-order valence-electron chi connectivity index (χ1n) is 3.58. The summed E-state index contributed by atoms with van der Waals surface area (Å²) in [6, 6.07) is 0. The molecule has 0 aliphatic carbocycles. The summed E-state index contributed by atoms with van der Waals surface area (Å²) in [7, 11) is 0. The number of aliphatic hydroxyl groups excluding tert-OH is 1. The summed E-state index contributed by atoms with van der Waals surface area (Å²) in [6.07, 6.45) is 0.0880. The molecule has 0 radical (unpaired) electrons. The Labute approximate surface area is 74.9 Å². The molecule has 4 heteroatoms. The third-order valence-electron chi connectivity index (χ3n) is 1.10. The topological polar surface area (TPSA) is 46.5 Å². The van der Waals surface area contributed by atoms with Gasteiger partial charge in [0.05, 0.1) is 12.7 Å². The third kappa shape index (κ3) is 4.37. The van der Waals surface area contributed by atoms with Crippen LogP contribution in [0, 0.1) is 0 Å². The van der Waals surface area contributed by atoms with E-state index in [-0.39, 0.29) is 0 Å². The normalized spacial score (nSPS) is 15.6. The number of esters is 1. The van der Waals surface area contributed by atoms with E-state index in [0.717, 1.165) is 6.42 Å². The molecule has 0 bridgehead atoms. The van der Waals surface area contributed by atoms with Crippen LogP contribution in [0.4, 0.5) is 0 Å². The van der Waals surface area contributed by atoms with Gasteiger partial charge in [0.25, 0.3) is 0 Å². The van der Waals surface area contributed by atoms with Gasteiger partial charge >= 0.3 is 5.97 Å². The van der Waals surface area contributed by atoms with Crippen LogP contribution in [0.5, 0.6) is 0 Å². The molecule has 0 aromatic carbocycles. The number of halogens is 1. The second kappa shape index (κ2) is 5.55. The maximum absolute atomic E-state index is 10.9. The van der Waals surface area contributed by atoms with Gasteiger partial charge in [-0.3, -0.25) is 4.79 Å². The maximum Gasteiger partial charge on any atom is 0.322 e. The Kier molecular flexibility index (Phi) is 5.50. The molecule has 0 spiro atoms. The first-order chi connectivity index (χ1) is 5.09. The fraction of sp³-hybridized carbons (Fsp3) is 0.857. The largest absolute Gasteiger partial charge is 0.465 e. The zero-order valence-electron chi connectivity index (χ0n) is 6.71. The molecule has 2 unspecified atom stereocenters. The maximum atomic E-state index is 10.9. The quantitative estimate of drug-likeness (QED) is 0.575. The van der Waals surface area contributed by atoms with E-state index in [9.17, 15) is 4.79 Å². The Hall–Kier alpha value is -0.0900. The highest BCUT2D eigenvalue weighted by atomic mass is 79.9. The number of hydrogen-bond donors (Lipinski definition) is 1. The zero-order valence-corrected chi connectivity index (χ0v) is 8.30. The van der Waals surface area contributed by atoms with Crippen molar-refractivity contribution in [2.75, 3.05) is 6.61 Å². The van der Waals surface area contributed by atoms with Crippen LogP contribution in [0.1, 0.15) is 20.3 Å². The molecule has 0 amide bonds. The minimum Gasteiger partial charge on any atom is -0.465 e. The van der Waals surface area contributed by atoms with Crippen molar-refractivity contribution in [1.82, 2.24) is 0 Å². The van der Waals surface area contributed by atoms with Gasteiger partial charge < -0.3 is 9.84 Å². The number of rotatable bonds is 4. The summed E-state index contributed by atoms with van der Waals surface area (Å²) in [5.41, 5.74) is 0. The lowest BCUT2D eigenvalue weighted by atomic mass is 10.3. The molecule has 0 saturated heterocycles. The van der Waals surface area contributed by atoms with E-state index < -0.39 is 16.9 Å². The van der Waals surface area contributed by atoms with Gasteiger partial charge in [0.15, 0.2) is 0 Å². The van der Waals surface area contributed by atoms with Crippen LogP contribution >= 0.6 is 15.9 Å². The molecule has 0 aromatic rings. The van der Waals surface area contributed by atoms with Gasteiger partial charge in [-0.15, -0.1) is 0 Å².